The minimum absolute atomic E-state index is 0.227. The highest BCUT2D eigenvalue weighted by atomic mass is 79.9. The molecule has 8 nitrogen and oxygen atoms in total. The van der Waals surface area contributed by atoms with Crippen molar-refractivity contribution in [1.82, 2.24) is 9.66 Å². The molecule has 0 radical (unpaired) electrons. The van der Waals surface area contributed by atoms with Crippen LogP contribution in [-0.2, 0) is 4.79 Å². The Bertz CT molecular complexity index is 1580. The van der Waals surface area contributed by atoms with Crippen molar-refractivity contribution in [2.75, 3.05) is 19.0 Å². The number of hydrogen-bond donors (Lipinski definition) is 1. The maximum Gasteiger partial charge on any atom is 0.282 e. The third kappa shape index (κ3) is 6.11. The van der Waals surface area contributed by atoms with Crippen molar-refractivity contribution < 1.29 is 14.3 Å². The standard InChI is InChI=1S/C26H21Br3N4O4/c1-14-4-7-18(8-5-14)32-22(34)13-37-25-21(36-3)10-16(23(28)24(25)29)12-30-33-15(2)31-20-9-6-17(27)11-19(20)26(33)35/h4-12H,13H2,1-3H3,(H,32,34). The Kier molecular flexibility index (Phi) is 8.46. The number of carbonyl (C=O) groups is 1. The fourth-order valence-corrected chi connectivity index (χ4v) is 4.77. The van der Waals surface area contributed by atoms with Crippen molar-refractivity contribution in [2.45, 2.75) is 13.8 Å². The Morgan fingerprint density at radius 1 is 1.08 bits per heavy atom. The van der Waals surface area contributed by atoms with Crippen LogP contribution in [0.4, 0.5) is 5.69 Å². The first kappa shape index (κ1) is 27.0. The maximum absolute atomic E-state index is 13.0. The predicted molar refractivity (Wildman–Crippen MR) is 155 cm³/mol. The molecular formula is C26H21Br3N4O4. The van der Waals surface area contributed by atoms with Gasteiger partial charge in [-0.2, -0.15) is 9.78 Å². The second-order valence-electron chi connectivity index (χ2n) is 8.01. The lowest BCUT2D eigenvalue weighted by molar-refractivity contribution is -0.118. The van der Waals surface area contributed by atoms with Gasteiger partial charge in [-0.1, -0.05) is 33.6 Å². The molecule has 0 aliphatic rings. The second-order valence-corrected chi connectivity index (χ2v) is 10.5. The second kappa shape index (κ2) is 11.6. The van der Waals surface area contributed by atoms with E-state index in [4.69, 9.17) is 9.47 Å². The van der Waals surface area contributed by atoms with E-state index in [1.54, 1.807) is 25.1 Å². The zero-order chi connectivity index (χ0) is 26.7. The molecular weight excluding hydrogens is 672 g/mol. The zero-order valence-corrected chi connectivity index (χ0v) is 24.8. The van der Waals surface area contributed by atoms with E-state index >= 15 is 0 Å². The molecule has 0 saturated carbocycles. The minimum atomic E-state index is -0.315. The van der Waals surface area contributed by atoms with Gasteiger partial charge in [0.15, 0.2) is 18.1 Å². The third-order valence-electron chi connectivity index (χ3n) is 5.34. The number of fused-ring (bicyclic) bond motifs is 1. The fourth-order valence-electron chi connectivity index (χ4n) is 3.47. The monoisotopic (exact) mass is 690 g/mol. The van der Waals surface area contributed by atoms with Crippen LogP contribution in [0.15, 0.2) is 71.8 Å². The molecule has 0 bridgehead atoms. The molecule has 0 saturated heterocycles. The lowest BCUT2D eigenvalue weighted by Crippen LogP contribution is -2.21. The highest BCUT2D eigenvalue weighted by Gasteiger charge is 2.18. The van der Waals surface area contributed by atoms with Gasteiger partial charge in [0.25, 0.3) is 11.5 Å². The number of hydrogen-bond acceptors (Lipinski definition) is 6. The van der Waals surface area contributed by atoms with Gasteiger partial charge in [-0.25, -0.2) is 4.98 Å². The number of rotatable bonds is 7. The van der Waals surface area contributed by atoms with Gasteiger partial charge >= 0.3 is 0 Å². The molecule has 11 heteroatoms. The van der Waals surface area contributed by atoms with E-state index in [0.29, 0.717) is 48.4 Å². The molecule has 0 spiro atoms. The number of anilines is 1. The van der Waals surface area contributed by atoms with E-state index in [1.807, 2.05) is 37.3 Å². The van der Waals surface area contributed by atoms with Gasteiger partial charge in [-0.3, -0.25) is 9.59 Å². The van der Waals surface area contributed by atoms with Gasteiger partial charge in [-0.05, 0) is 82.1 Å². The summed E-state index contributed by atoms with van der Waals surface area (Å²) in [5, 5.41) is 7.62. The zero-order valence-electron chi connectivity index (χ0n) is 20.0. The summed E-state index contributed by atoms with van der Waals surface area (Å²) < 4.78 is 14.4. The van der Waals surface area contributed by atoms with Crippen molar-refractivity contribution in [3.05, 3.63) is 89.3 Å². The fraction of sp³-hybridized carbons (Fsp3) is 0.154. The van der Waals surface area contributed by atoms with Crippen LogP contribution in [0.1, 0.15) is 17.0 Å². The van der Waals surface area contributed by atoms with Crippen molar-refractivity contribution in [1.29, 1.82) is 0 Å². The largest absolute Gasteiger partial charge is 0.493 e. The molecule has 3 aromatic carbocycles. The molecule has 0 aliphatic heterocycles. The number of nitrogens with zero attached hydrogens (tertiary/aromatic N) is 3. The number of halogens is 3. The number of carbonyl (C=O) groups excluding carboxylic acids is 1. The van der Waals surface area contributed by atoms with Crippen LogP contribution in [-0.4, -0.2) is 35.5 Å². The molecule has 37 heavy (non-hydrogen) atoms. The van der Waals surface area contributed by atoms with Crippen molar-refractivity contribution in [3.8, 4) is 11.5 Å². The Morgan fingerprint density at radius 3 is 2.51 bits per heavy atom. The average molecular weight is 693 g/mol. The molecule has 1 aromatic heterocycles. The van der Waals surface area contributed by atoms with Crippen LogP contribution in [0.25, 0.3) is 10.9 Å². The molecule has 190 valence electrons. The quantitative estimate of drug-likeness (QED) is 0.233. The van der Waals surface area contributed by atoms with Crippen LogP contribution in [0.5, 0.6) is 11.5 Å². The summed E-state index contributed by atoms with van der Waals surface area (Å²) in [4.78, 5) is 29.9. The van der Waals surface area contributed by atoms with Crippen LogP contribution in [0.3, 0.4) is 0 Å². The van der Waals surface area contributed by atoms with Crippen molar-refractivity contribution in [2.24, 2.45) is 5.10 Å². The maximum atomic E-state index is 13.0. The first-order chi connectivity index (χ1) is 17.7. The first-order valence-corrected chi connectivity index (χ1v) is 13.3. The summed E-state index contributed by atoms with van der Waals surface area (Å²) in [7, 11) is 1.50. The Morgan fingerprint density at radius 2 is 1.81 bits per heavy atom. The Labute approximate surface area is 238 Å². The molecule has 4 aromatic rings. The van der Waals surface area contributed by atoms with E-state index in [1.165, 1.54) is 18.0 Å². The normalized spacial score (nSPS) is 11.2. The average Bonchev–Trinajstić information content (AvgIpc) is 2.87. The number of benzene rings is 3. The number of amides is 1. The molecule has 1 heterocycles. The third-order valence-corrected chi connectivity index (χ3v) is 7.98. The summed E-state index contributed by atoms with van der Waals surface area (Å²) in [5.74, 6) is 0.850. The van der Waals surface area contributed by atoms with Crippen LogP contribution < -0.4 is 20.3 Å². The van der Waals surface area contributed by atoms with Crippen LogP contribution in [0.2, 0.25) is 0 Å². The smallest absolute Gasteiger partial charge is 0.282 e. The van der Waals surface area contributed by atoms with Gasteiger partial charge in [0.2, 0.25) is 0 Å². The summed E-state index contributed by atoms with van der Waals surface area (Å²) in [6.07, 6.45) is 1.52. The number of aryl methyl sites for hydroxylation is 2. The number of methoxy groups -OCH3 is 1. The highest BCUT2D eigenvalue weighted by molar-refractivity contribution is 9.13. The lowest BCUT2D eigenvalue weighted by atomic mass is 10.2. The van der Waals surface area contributed by atoms with Gasteiger partial charge in [0.05, 0.1) is 28.7 Å². The van der Waals surface area contributed by atoms with Crippen LogP contribution >= 0.6 is 47.8 Å². The number of nitrogens with one attached hydrogen (secondary N) is 1. The van der Waals surface area contributed by atoms with Gasteiger partial charge in [-0.15, -0.1) is 0 Å². The van der Waals surface area contributed by atoms with E-state index in [9.17, 15) is 9.59 Å². The van der Waals surface area contributed by atoms with E-state index in [-0.39, 0.29) is 18.1 Å². The van der Waals surface area contributed by atoms with E-state index in [2.05, 4.69) is 63.2 Å². The van der Waals surface area contributed by atoms with Crippen LogP contribution in [0, 0.1) is 13.8 Å². The van der Waals surface area contributed by atoms with E-state index < -0.39 is 0 Å². The summed E-state index contributed by atoms with van der Waals surface area (Å²) in [6.45, 7) is 3.46. The SMILES string of the molecule is COc1cc(C=Nn2c(C)nc3ccc(Br)cc3c2=O)c(Br)c(Br)c1OCC(=O)Nc1ccc(C)cc1. The summed E-state index contributed by atoms with van der Waals surface area (Å²) >= 11 is 10.4. The molecule has 0 aliphatic carbocycles. The van der Waals surface area contributed by atoms with Crippen molar-refractivity contribution >= 4 is 76.5 Å². The van der Waals surface area contributed by atoms with E-state index in [0.717, 1.165) is 10.0 Å². The molecule has 4 rings (SSSR count). The van der Waals surface area contributed by atoms with Gasteiger partial charge < -0.3 is 14.8 Å². The predicted octanol–water partition coefficient (Wildman–Crippen LogP) is 6.21. The molecule has 1 N–H and O–H groups in total. The Hall–Kier alpha value is -3.02. The lowest BCUT2D eigenvalue weighted by Gasteiger charge is -2.15. The minimum Gasteiger partial charge on any atom is -0.493 e. The highest BCUT2D eigenvalue weighted by Crippen LogP contribution is 2.42. The van der Waals surface area contributed by atoms with Gasteiger partial charge in [0, 0.05) is 20.2 Å². The molecule has 0 fully saturated rings. The summed E-state index contributed by atoms with van der Waals surface area (Å²) in [6, 6.07) is 14.5. The first-order valence-electron chi connectivity index (χ1n) is 11.0. The number of aromatic nitrogens is 2. The molecule has 0 atom stereocenters. The van der Waals surface area contributed by atoms with Gasteiger partial charge in [0.1, 0.15) is 5.82 Å². The summed E-state index contributed by atoms with van der Waals surface area (Å²) in [5.41, 5.74) is 2.69. The molecule has 1 amide bonds. The number of ether oxygens (including phenoxy) is 2. The Balaban J connectivity index is 1.59. The molecule has 0 unspecified atom stereocenters. The topological polar surface area (TPSA) is 94.8 Å². The van der Waals surface area contributed by atoms with Crippen molar-refractivity contribution in [3.63, 3.8) is 0 Å².